The first-order valence-corrected chi connectivity index (χ1v) is 9.14. The summed E-state index contributed by atoms with van der Waals surface area (Å²) in [6.45, 7) is 5.24. The van der Waals surface area contributed by atoms with Crippen LogP contribution >= 0.6 is 0 Å². The zero-order valence-electron chi connectivity index (χ0n) is 15.9. The highest BCUT2D eigenvalue weighted by molar-refractivity contribution is 5.93. The van der Waals surface area contributed by atoms with Crippen molar-refractivity contribution >= 4 is 17.8 Å². The first-order chi connectivity index (χ1) is 13.5. The Morgan fingerprint density at radius 2 is 1.86 bits per heavy atom. The number of nitrogens with one attached hydrogen (secondary N) is 1. The molecule has 0 aliphatic carbocycles. The van der Waals surface area contributed by atoms with Gasteiger partial charge in [0.05, 0.1) is 18.8 Å². The van der Waals surface area contributed by atoms with Gasteiger partial charge in [0.1, 0.15) is 5.82 Å². The van der Waals surface area contributed by atoms with Gasteiger partial charge >= 0.3 is 6.03 Å². The highest BCUT2D eigenvalue weighted by Crippen LogP contribution is 2.20. The number of urea groups is 1. The molecule has 1 aromatic heterocycles. The molecule has 8 nitrogen and oxygen atoms in total. The molecule has 2 N–H and O–H groups in total. The van der Waals surface area contributed by atoms with Gasteiger partial charge in [-0.15, -0.1) is 0 Å². The standard InChI is InChI=1S/C20H24N4O4/c1-14-11-23(12-15(2)28-14)20(26)24(18-5-3-4-10-21-18)13-16-6-8-17(9-7-16)19(25)22-27/h3-10,14-15,27H,11-13H2,1-2H3,(H,22,25). The van der Waals surface area contributed by atoms with Crippen LogP contribution in [0.15, 0.2) is 48.7 Å². The van der Waals surface area contributed by atoms with Crippen molar-refractivity contribution in [1.29, 1.82) is 0 Å². The van der Waals surface area contributed by atoms with E-state index in [1.54, 1.807) is 57.9 Å². The van der Waals surface area contributed by atoms with Crippen molar-refractivity contribution in [2.45, 2.75) is 32.6 Å². The second-order valence-corrected chi connectivity index (χ2v) is 6.86. The Hall–Kier alpha value is -2.97. The maximum atomic E-state index is 13.3. The van der Waals surface area contributed by atoms with E-state index in [0.717, 1.165) is 5.56 Å². The predicted octanol–water partition coefficient (Wildman–Crippen LogP) is 2.44. The van der Waals surface area contributed by atoms with Gasteiger partial charge in [-0.2, -0.15) is 0 Å². The Morgan fingerprint density at radius 3 is 2.43 bits per heavy atom. The number of pyridine rings is 1. The van der Waals surface area contributed by atoms with E-state index >= 15 is 0 Å². The Morgan fingerprint density at radius 1 is 1.18 bits per heavy atom. The number of carbonyl (C=O) groups excluding carboxylic acids is 2. The lowest BCUT2D eigenvalue weighted by atomic mass is 10.1. The number of amides is 3. The summed E-state index contributed by atoms with van der Waals surface area (Å²) in [6, 6.07) is 12.0. The smallest absolute Gasteiger partial charge is 0.326 e. The van der Waals surface area contributed by atoms with Gasteiger partial charge in [-0.3, -0.25) is 14.9 Å². The normalized spacial score (nSPS) is 19.2. The summed E-state index contributed by atoms with van der Waals surface area (Å²) in [5, 5.41) is 8.74. The number of benzene rings is 1. The monoisotopic (exact) mass is 384 g/mol. The third kappa shape index (κ3) is 4.65. The minimum absolute atomic E-state index is 0.0328. The lowest BCUT2D eigenvalue weighted by Gasteiger charge is -2.38. The third-order valence-corrected chi connectivity index (χ3v) is 4.51. The SMILES string of the molecule is CC1CN(C(=O)N(Cc2ccc(C(=O)NO)cc2)c2ccccn2)CC(C)O1. The van der Waals surface area contributed by atoms with E-state index in [9.17, 15) is 9.59 Å². The second-order valence-electron chi connectivity index (χ2n) is 6.86. The molecule has 1 saturated heterocycles. The van der Waals surface area contributed by atoms with Crippen LogP contribution in [-0.4, -0.2) is 52.3 Å². The zero-order valence-corrected chi connectivity index (χ0v) is 15.9. The number of ether oxygens (including phenoxy) is 1. The fourth-order valence-electron chi connectivity index (χ4n) is 3.27. The van der Waals surface area contributed by atoms with Gasteiger partial charge in [0.2, 0.25) is 0 Å². The van der Waals surface area contributed by atoms with Gasteiger partial charge < -0.3 is 9.64 Å². The largest absolute Gasteiger partial charge is 0.372 e. The lowest BCUT2D eigenvalue weighted by molar-refractivity contribution is -0.0538. The summed E-state index contributed by atoms with van der Waals surface area (Å²) in [7, 11) is 0. The first kappa shape index (κ1) is 19.8. The number of nitrogens with zero attached hydrogens (tertiary/aromatic N) is 3. The molecular weight excluding hydrogens is 360 g/mol. The van der Waals surface area contributed by atoms with Crippen LogP contribution < -0.4 is 10.4 Å². The molecule has 8 heteroatoms. The molecule has 2 atom stereocenters. The average Bonchev–Trinajstić information content (AvgIpc) is 2.71. The zero-order chi connectivity index (χ0) is 20.1. The van der Waals surface area contributed by atoms with Crippen LogP contribution in [0.3, 0.4) is 0 Å². The molecule has 3 rings (SSSR count). The van der Waals surface area contributed by atoms with E-state index in [-0.39, 0.29) is 18.2 Å². The van der Waals surface area contributed by atoms with Crippen LogP contribution in [0.1, 0.15) is 29.8 Å². The summed E-state index contributed by atoms with van der Waals surface area (Å²) in [5.41, 5.74) is 2.77. The summed E-state index contributed by atoms with van der Waals surface area (Å²) in [6.07, 6.45) is 1.58. The van der Waals surface area contributed by atoms with Crippen LogP contribution in [0.25, 0.3) is 0 Å². The third-order valence-electron chi connectivity index (χ3n) is 4.51. The Balaban J connectivity index is 1.83. The number of rotatable bonds is 4. The van der Waals surface area contributed by atoms with Gasteiger partial charge in [0.25, 0.3) is 5.91 Å². The molecule has 2 unspecified atom stereocenters. The number of hydrogen-bond donors (Lipinski definition) is 2. The molecule has 1 aromatic carbocycles. The maximum absolute atomic E-state index is 13.3. The lowest BCUT2D eigenvalue weighted by Crippen LogP contribution is -2.53. The van der Waals surface area contributed by atoms with E-state index in [4.69, 9.17) is 9.94 Å². The van der Waals surface area contributed by atoms with Crippen LogP contribution in [0, 0.1) is 0 Å². The second kappa shape index (κ2) is 8.81. The predicted molar refractivity (Wildman–Crippen MR) is 103 cm³/mol. The van der Waals surface area contributed by atoms with Crippen molar-refractivity contribution in [3.63, 3.8) is 0 Å². The van der Waals surface area contributed by atoms with Crippen molar-refractivity contribution in [3.8, 4) is 0 Å². The molecular formula is C20H24N4O4. The van der Waals surface area contributed by atoms with Gasteiger partial charge in [-0.1, -0.05) is 18.2 Å². The highest BCUT2D eigenvalue weighted by atomic mass is 16.5. The number of hydrogen-bond acceptors (Lipinski definition) is 5. The van der Waals surface area contributed by atoms with Gasteiger partial charge in [-0.05, 0) is 43.7 Å². The minimum Gasteiger partial charge on any atom is -0.372 e. The minimum atomic E-state index is -0.583. The Kier molecular flexibility index (Phi) is 6.23. The summed E-state index contributed by atoms with van der Waals surface area (Å²) in [5.74, 6) is -0.0306. The maximum Gasteiger partial charge on any atom is 0.326 e. The molecule has 0 bridgehead atoms. The van der Waals surface area contributed by atoms with E-state index in [0.29, 0.717) is 31.0 Å². The molecule has 1 aliphatic rings. The molecule has 2 heterocycles. The molecule has 148 valence electrons. The fraction of sp³-hybridized carbons (Fsp3) is 0.350. The number of carbonyl (C=O) groups is 2. The molecule has 0 radical (unpaired) electrons. The summed E-state index contributed by atoms with van der Waals surface area (Å²) < 4.78 is 5.73. The van der Waals surface area contributed by atoms with Crippen LogP contribution in [0.2, 0.25) is 0 Å². The van der Waals surface area contributed by atoms with E-state index in [1.165, 1.54) is 0 Å². The fourth-order valence-corrected chi connectivity index (χ4v) is 3.27. The molecule has 28 heavy (non-hydrogen) atoms. The van der Waals surface area contributed by atoms with E-state index in [2.05, 4.69) is 4.98 Å². The van der Waals surface area contributed by atoms with Crippen molar-refractivity contribution in [2.24, 2.45) is 0 Å². The molecule has 0 spiro atoms. The van der Waals surface area contributed by atoms with Crippen LogP contribution in [0.5, 0.6) is 0 Å². The van der Waals surface area contributed by atoms with Crippen molar-refractivity contribution in [3.05, 3.63) is 59.8 Å². The van der Waals surface area contributed by atoms with Gasteiger partial charge in [0.15, 0.2) is 0 Å². The van der Waals surface area contributed by atoms with Gasteiger partial charge in [0, 0.05) is 24.8 Å². The molecule has 3 amide bonds. The molecule has 0 saturated carbocycles. The number of aromatic nitrogens is 1. The first-order valence-electron chi connectivity index (χ1n) is 9.14. The van der Waals surface area contributed by atoms with Crippen molar-refractivity contribution in [1.82, 2.24) is 15.4 Å². The molecule has 2 aromatic rings. The van der Waals surface area contributed by atoms with Gasteiger partial charge in [-0.25, -0.2) is 15.3 Å². The number of hydroxylamine groups is 1. The van der Waals surface area contributed by atoms with Crippen molar-refractivity contribution < 1.29 is 19.5 Å². The van der Waals surface area contributed by atoms with E-state index < -0.39 is 5.91 Å². The quantitative estimate of drug-likeness (QED) is 0.624. The summed E-state index contributed by atoms with van der Waals surface area (Å²) in [4.78, 5) is 32.5. The molecule has 1 fully saturated rings. The van der Waals surface area contributed by atoms with Crippen LogP contribution in [-0.2, 0) is 11.3 Å². The molecule has 1 aliphatic heterocycles. The Bertz CT molecular complexity index is 803. The van der Waals surface area contributed by atoms with E-state index in [1.807, 2.05) is 19.9 Å². The van der Waals surface area contributed by atoms with Crippen molar-refractivity contribution in [2.75, 3.05) is 18.0 Å². The average molecular weight is 384 g/mol. The highest BCUT2D eigenvalue weighted by Gasteiger charge is 2.30. The number of anilines is 1. The summed E-state index contributed by atoms with van der Waals surface area (Å²) >= 11 is 0. The number of morpholine rings is 1. The Labute approximate surface area is 163 Å². The van der Waals surface area contributed by atoms with Crippen LogP contribution in [0.4, 0.5) is 10.6 Å². The topological polar surface area (TPSA) is 95.0 Å².